The highest BCUT2D eigenvalue weighted by Gasteiger charge is 2.15. The highest BCUT2D eigenvalue weighted by molar-refractivity contribution is 5.44. The van der Waals surface area contributed by atoms with Crippen LogP contribution in [-0.4, -0.2) is 24.9 Å². The zero-order chi connectivity index (χ0) is 11.5. The summed E-state index contributed by atoms with van der Waals surface area (Å²) in [7, 11) is 1.67. The van der Waals surface area contributed by atoms with Crippen molar-refractivity contribution in [1.29, 1.82) is 0 Å². The van der Waals surface area contributed by atoms with Gasteiger partial charge in [-0.1, -0.05) is 6.07 Å². The van der Waals surface area contributed by atoms with Crippen LogP contribution in [0.5, 0.6) is 11.5 Å². The van der Waals surface area contributed by atoms with Gasteiger partial charge in [0.25, 0.3) is 0 Å². The topological polar surface area (TPSA) is 51.1 Å². The van der Waals surface area contributed by atoms with E-state index in [0.29, 0.717) is 0 Å². The van der Waals surface area contributed by atoms with Gasteiger partial charge in [-0.2, -0.15) is 0 Å². The maximum absolute atomic E-state index is 10.4. The summed E-state index contributed by atoms with van der Waals surface area (Å²) < 4.78 is 10.5. The molecule has 1 aliphatic heterocycles. The third kappa shape index (κ3) is 2.08. The van der Waals surface area contributed by atoms with Gasteiger partial charge in [0.2, 0.25) is 6.79 Å². The van der Waals surface area contributed by atoms with Gasteiger partial charge >= 0.3 is 0 Å². The maximum Gasteiger partial charge on any atom is 0.231 e. The first-order valence-corrected chi connectivity index (χ1v) is 5.15. The molecule has 0 spiro atoms. The van der Waals surface area contributed by atoms with Crippen LogP contribution in [0.4, 0.5) is 0 Å². The van der Waals surface area contributed by atoms with Crippen LogP contribution in [0.25, 0.3) is 0 Å². The zero-order valence-corrected chi connectivity index (χ0v) is 9.34. The van der Waals surface area contributed by atoms with Gasteiger partial charge in [0.05, 0.1) is 11.3 Å². The van der Waals surface area contributed by atoms with Gasteiger partial charge in [-0.3, -0.25) is 5.01 Å². The van der Waals surface area contributed by atoms with E-state index < -0.39 is 0 Å². The fourth-order valence-electron chi connectivity index (χ4n) is 1.62. The summed E-state index contributed by atoms with van der Waals surface area (Å²) in [6, 6.07) is 5.87. The van der Waals surface area contributed by atoms with Crippen molar-refractivity contribution in [2.24, 2.45) is 5.29 Å². The third-order valence-electron chi connectivity index (χ3n) is 2.73. The Hall–Kier alpha value is -1.78. The summed E-state index contributed by atoms with van der Waals surface area (Å²) in [6.45, 7) is 2.23. The fourth-order valence-corrected chi connectivity index (χ4v) is 1.62. The van der Waals surface area contributed by atoms with Crippen molar-refractivity contribution in [3.8, 4) is 11.5 Å². The lowest BCUT2D eigenvalue weighted by atomic mass is 10.1. The number of nitrogens with zero attached hydrogens (tertiary/aromatic N) is 2. The molecule has 5 nitrogen and oxygen atoms in total. The van der Waals surface area contributed by atoms with Gasteiger partial charge in [0.15, 0.2) is 11.5 Å². The summed E-state index contributed by atoms with van der Waals surface area (Å²) in [4.78, 5) is 10.4. The largest absolute Gasteiger partial charge is 0.454 e. The third-order valence-corrected chi connectivity index (χ3v) is 2.73. The number of hydrogen-bond acceptors (Lipinski definition) is 4. The molecule has 16 heavy (non-hydrogen) atoms. The minimum Gasteiger partial charge on any atom is -0.454 e. The smallest absolute Gasteiger partial charge is 0.231 e. The first-order valence-electron chi connectivity index (χ1n) is 5.15. The van der Waals surface area contributed by atoms with Crippen molar-refractivity contribution in [2.75, 3.05) is 13.8 Å². The second kappa shape index (κ2) is 4.38. The van der Waals surface area contributed by atoms with Crippen LogP contribution in [0, 0.1) is 4.91 Å². The summed E-state index contributed by atoms with van der Waals surface area (Å²) in [5.74, 6) is 1.55. The number of fused-ring (bicyclic) bond motifs is 1. The predicted molar refractivity (Wildman–Crippen MR) is 59.3 cm³/mol. The van der Waals surface area contributed by atoms with Gasteiger partial charge in [-0.25, -0.2) is 0 Å². The van der Waals surface area contributed by atoms with E-state index in [4.69, 9.17) is 9.47 Å². The Balaban J connectivity index is 2.08. The van der Waals surface area contributed by atoms with Gasteiger partial charge in [0.1, 0.15) is 0 Å². The van der Waals surface area contributed by atoms with E-state index in [9.17, 15) is 4.91 Å². The Morgan fingerprint density at radius 1 is 1.44 bits per heavy atom. The van der Waals surface area contributed by atoms with E-state index in [1.807, 2.05) is 25.1 Å². The molecular formula is C11H14N2O3. The molecule has 0 radical (unpaired) electrons. The highest BCUT2D eigenvalue weighted by Crippen LogP contribution is 2.32. The molecule has 0 amide bonds. The summed E-state index contributed by atoms with van der Waals surface area (Å²) in [6.07, 6.45) is 0.749. The van der Waals surface area contributed by atoms with Gasteiger partial charge in [0, 0.05) is 7.05 Å². The normalized spacial score (nSPS) is 14.6. The molecule has 0 bridgehead atoms. The number of ether oxygens (including phenoxy) is 2. The Morgan fingerprint density at radius 3 is 2.94 bits per heavy atom. The van der Waals surface area contributed by atoms with Crippen molar-refractivity contribution in [2.45, 2.75) is 19.4 Å². The number of likely N-dealkylation sites (N-methyl/N-ethyl adjacent to an activating group) is 1. The van der Waals surface area contributed by atoms with Crippen LogP contribution in [0.3, 0.4) is 0 Å². The number of nitroso groups, excluding NO2 is 1. The molecule has 2 rings (SSSR count). The number of benzene rings is 1. The molecule has 0 saturated carbocycles. The minimum atomic E-state index is 0.0675. The monoisotopic (exact) mass is 222 g/mol. The lowest BCUT2D eigenvalue weighted by molar-refractivity contribution is 0.174. The molecular weight excluding hydrogens is 208 g/mol. The SMILES string of the molecule is CC(Cc1ccc2c(c1)OCO2)N(C)N=O. The highest BCUT2D eigenvalue weighted by atomic mass is 16.7. The van der Waals surface area contributed by atoms with Gasteiger partial charge in [-0.05, 0) is 31.0 Å². The average molecular weight is 222 g/mol. The van der Waals surface area contributed by atoms with Gasteiger partial charge in [-0.15, -0.1) is 4.91 Å². The van der Waals surface area contributed by atoms with Crippen LogP contribution in [0.2, 0.25) is 0 Å². The molecule has 1 unspecified atom stereocenters. The fraction of sp³-hybridized carbons (Fsp3) is 0.455. The Labute approximate surface area is 93.9 Å². The van der Waals surface area contributed by atoms with E-state index in [1.165, 1.54) is 5.01 Å². The van der Waals surface area contributed by atoms with E-state index in [2.05, 4.69) is 5.29 Å². The summed E-state index contributed by atoms with van der Waals surface area (Å²) >= 11 is 0. The van der Waals surface area contributed by atoms with Crippen LogP contribution in [-0.2, 0) is 6.42 Å². The van der Waals surface area contributed by atoms with Gasteiger partial charge < -0.3 is 9.47 Å². The Morgan fingerprint density at radius 2 is 2.19 bits per heavy atom. The van der Waals surface area contributed by atoms with E-state index in [1.54, 1.807) is 7.05 Å². The maximum atomic E-state index is 10.4. The second-order valence-corrected chi connectivity index (χ2v) is 3.90. The van der Waals surface area contributed by atoms with Crippen LogP contribution < -0.4 is 9.47 Å². The Bertz CT molecular complexity index is 395. The van der Waals surface area contributed by atoms with Crippen LogP contribution in [0.15, 0.2) is 23.5 Å². The van der Waals surface area contributed by atoms with E-state index >= 15 is 0 Å². The summed E-state index contributed by atoms with van der Waals surface area (Å²) in [5, 5.41) is 4.29. The molecule has 1 aliphatic rings. The van der Waals surface area contributed by atoms with Crippen molar-refractivity contribution >= 4 is 0 Å². The summed E-state index contributed by atoms with van der Waals surface area (Å²) in [5.41, 5.74) is 1.10. The second-order valence-electron chi connectivity index (χ2n) is 3.90. The van der Waals surface area contributed by atoms with Crippen molar-refractivity contribution in [3.05, 3.63) is 28.7 Å². The minimum absolute atomic E-state index is 0.0675. The Kier molecular flexibility index (Phi) is 2.94. The average Bonchev–Trinajstić information content (AvgIpc) is 2.75. The predicted octanol–water partition coefficient (Wildman–Crippen LogP) is 1.96. The van der Waals surface area contributed by atoms with Crippen LogP contribution in [0.1, 0.15) is 12.5 Å². The molecule has 0 N–H and O–H groups in total. The standard InChI is InChI=1S/C11H14N2O3/c1-8(13(2)12-14)5-9-3-4-10-11(6-9)16-7-15-10/h3-4,6,8H,5,7H2,1-2H3. The molecule has 0 aliphatic carbocycles. The molecule has 1 heterocycles. The molecule has 1 atom stereocenters. The lowest BCUT2D eigenvalue weighted by Crippen LogP contribution is -2.25. The first kappa shape index (κ1) is 10.7. The van der Waals surface area contributed by atoms with E-state index in [0.717, 1.165) is 23.5 Å². The number of rotatable bonds is 4. The molecule has 86 valence electrons. The molecule has 0 saturated heterocycles. The molecule has 1 aromatic rings. The molecule has 0 fully saturated rings. The lowest BCUT2D eigenvalue weighted by Gasteiger charge is -2.18. The molecule has 1 aromatic carbocycles. The van der Waals surface area contributed by atoms with Crippen LogP contribution >= 0.6 is 0 Å². The first-order chi connectivity index (χ1) is 7.70. The number of hydrogen-bond donors (Lipinski definition) is 0. The van der Waals surface area contributed by atoms with E-state index in [-0.39, 0.29) is 12.8 Å². The van der Waals surface area contributed by atoms with Crippen molar-refractivity contribution in [3.63, 3.8) is 0 Å². The van der Waals surface area contributed by atoms with Crippen molar-refractivity contribution in [1.82, 2.24) is 5.01 Å². The quantitative estimate of drug-likeness (QED) is 0.577. The zero-order valence-electron chi connectivity index (χ0n) is 9.34. The van der Waals surface area contributed by atoms with Crippen molar-refractivity contribution < 1.29 is 9.47 Å². The molecule has 5 heteroatoms. The molecule has 0 aromatic heterocycles.